The highest BCUT2D eigenvalue weighted by atomic mass is 16.4. The van der Waals surface area contributed by atoms with Crippen molar-refractivity contribution in [3.63, 3.8) is 0 Å². The Labute approximate surface area is 95.6 Å². The van der Waals surface area contributed by atoms with Gasteiger partial charge in [-0.3, -0.25) is 9.59 Å². The fourth-order valence-corrected chi connectivity index (χ4v) is 2.73. The molecule has 16 heavy (non-hydrogen) atoms. The maximum Gasteiger partial charge on any atom is 0.308 e. The predicted molar refractivity (Wildman–Crippen MR) is 58.9 cm³/mol. The number of nitrogens with zero attached hydrogens (tertiary/aromatic N) is 1. The van der Waals surface area contributed by atoms with Crippen molar-refractivity contribution in [3.05, 3.63) is 0 Å². The zero-order valence-electron chi connectivity index (χ0n) is 9.90. The van der Waals surface area contributed by atoms with Crippen molar-refractivity contribution >= 4 is 11.9 Å². The Kier molecular flexibility index (Phi) is 2.68. The first-order chi connectivity index (χ1) is 7.52. The minimum Gasteiger partial charge on any atom is -0.481 e. The lowest BCUT2D eigenvalue weighted by Crippen LogP contribution is -2.41. The molecule has 0 aromatic carbocycles. The molecule has 2 fully saturated rings. The fourth-order valence-electron chi connectivity index (χ4n) is 2.73. The molecule has 90 valence electrons. The number of likely N-dealkylation sites (tertiary alicyclic amines) is 1. The standard InChI is InChI=1S/C12H19NO3/c1-3-12(5-6-12)11(16)13-7-4-9(8(13)2)10(14)15/h8-9H,3-7H2,1-2H3,(H,14,15). The Morgan fingerprint density at radius 3 is 2.44 bits per heavy atom. The number of rotatable bonds is 3. The van der Waals surface area contributed by atoms with Gasteiger partial charge < -0.3 is 10.0 Å². The van der Waals surface area contributed by atoms with E-state index in [2.05, 4.69) is 0 Å². The molecule has 1 heterocycles. The second-order valence-electron chi connectivity index (χ2n) is 5.11. The van der Waals surface area contributed by atoms with E-state index < -0.39 is 5.97 Å². The van der Waals surface area contributed by atoms with Crippen LogP contribution in [0.2, 0.25) is 0 Å². The highest BCUT2D eigenvalue weighted by Crippen LogP contribution is 2.51. The molecule has 4 heteroatoms. The summed E-state index contributed by atoms with van der Waals surface area (Å²) >= 11 is 0. The van der Waals surface area contributed by atoms with Crippen molar-refractivity contribution < 1.29 is 14.7 Å². The summed E-state index contributed by atoms with van der Waals surface area (Å²) < 4.78 is 0. The maximum atomic E-state index is 12.3. The summed E-state index contributed by atoms with van der Waals surface area (Å²) in [5.74, 6) is -0.966. The number of carboxylic acids is 1. The van der Waals surface area contributed by atoms with Gasteiger partial charge >= 0.3 is 5.97 Å². The Bertz CT molecular complexity index is 322. The van der Waals surface area contributed by atoms with E-state index in [1.165, 1.54) is 0 Å². The first kappa shape index (κ1) is 11.4. The zero-order chi connectivity index (χ0) is 11.9. The van der Waals surface area contributed by atoms with Crippen molar-refractivity contribution in [1.82, 2.24) is 4.90 Å². The highest BCUT2D eigenvalue weighted by Gasteiger charge is 2.52. The van der Waals surface area contributed by atoms with Crippen LogP contribution in [0.1, 0.15) is 39.5 Å². The van der Waals surface area contributed by atoms with Gasteiger partial charge in [0.05, 0.1) is 5.92 Å². The second kappa shape index (κ2) is 3.75. The van der Waals surface area contributed by atoms with Crippen molar-refractivity contribution in [3.8, 4) is 0 Å². The van der Waals surface area contributed by atoms with E-state index in [4.69, 9.17) is 5.11 Å². The van der Waals surface area contributed by atoms with E-state index in [-0.39, 0.29) is 23.3 Å². The summed E-state index contributed by atoms with van der Waals surface area (Å²) in [6.45, 7) is 4.51. The van der Waals surface area contributed by atoms with Gasteiger partial charge in [-0.1, -0.05) is 6.92 Å². The van der Waals surface area contributed by atoms with Gasteiger partial charge in [0.1, 0.15) is 0 Å². The maximum absolute atomic E-state index is 12.3. The topological polar surface area (TPSA) is 57.6 Å². The van der Waals surface area contributed by atoms with Crippen LogP contribution in [0.4, 0.5) is 0 Å². The summed E-state index contributed by atoms with van der Waals surface area (Å²) in [5.41, 5.74) is -0.137. The van der Waals surface area contributed by atoms with Crippen molar-refractivity contribution in [2.45, 2.75) is 45.6 Å². The number of hydrogen-bond donors (Lipinski definition) is 1. The summed E-state index contributed by atoms with van der Waals surface area (Å²) in [5, 5.41) is 9.02. The first-order valence-corrected chi connectivity index (χ1v) is 6.06. The van der Waals surface area contributed by atoms with Gasteiger partial charge in [-0.2, -0.15) is 0 Å². The van der Waals surface area contributed by atoms with Crippen LogP contribution in [-0.2, 0) is 9.59 Å². The van der Waals surface area contributed by atoms with Gasteiger partial charge in [-0.05, 0) is 32.6 Å². The molecular formula is C12H19NO3. The quantitative estimate of drug-likeness (QED) is 0.791. The number of carbonyl (C=O) groups is 2. The molecular weight excluding hydrogens is 206 g/mol. The normalized spacial score (nSPS) is 31.5. The molecule has 0 radical (unpaired) electrons. The summed E-state index contributed by atoms with van der Waals surface area (Å²) in [6, 6.07) is -0.144. The Morgan fingerprint density at radius 2 is 2.06 bits per heavy atom. The highest BCUT2D eigenvalue weighted by molar-refractivity contribution is 5.86. The van der Waals surface area contributed by atoms with Crippen LogP contribution in [-0.4, -0.2) is 34.5 Å². The third-order valence-electron chi connectivity index (χ3n) is 4.32. The van der Waals surface area contributed by atoms with Gasteiger partial charge in [-0.25, -0.2) is 0 Å². The first-order valence-electron chi connectivity index (χ1n) is 6.06. The van der Waals surface area contributed by atoms with E-state index in [9.17, 15) is 9.59 Å². The Morgan fingerprint density at radius 1 is 1.44 bits per heavy atom. The smallest absolute Gasteiger partial charge is 0.308 e. The molecule has 1 amide bonds. The molecule has 1 N–H and O–H groups in total. The van der Waals surface area contributed by atoms with Crippen LogP contribution in [0.3, 0.4) is 0 Å². The summed E-state index contributed by atoms with van der Waals surface area (Å²) in [6.07, 6.45) is 3.43. The van der Waals surface area contributed by atoms with Crippen molar-refractivity contribution in [2.24, 2.45) is 11.3 Å². The lowest BCUT2D eigenvalue weighted by atomic mass is 9.99. The minimum atomic E-state index is -0.774. The molecule has 4 nitrogen and oxygen atoms in total. The SMILES string of the molecule is CCC1(C(=O)N2CCC(C(=O)O)C2C)CC1. The van der Waals surface area contributed by atoms with Crippen LogP contribution in [0.25, 0.3) is 0 Å². The van der Waals surface area contributed by atoms with E-state index >= 15 is 0 Å². The van der Waals surface area contributed by atoms with Crippen molar-refractivity contribution in [1.29, 1.82) is 0 Å². The molecule has 1 saturated heterocycles. The molecule has 0 spiro atoms. The van der Waals surface area contributed by atoms with Gasteiger partial charge in [0.2, 0.25) is 5.91 Å². The minimum absolute atomic E-state index is 0.137. The summed E-state index contributed by atoms with van der Waals surface area (Å²) in [4.78, 5) is 25.0. The fraction of sp³-hybridized carbons (Fsp3) is 0.833. The summed E-state index contributed by atoms with van der Waals surface area (Å²) in [7, 11) is 0. The van der Waals surface area contributed by atoms with Crippen LogP contribution >= 0.6 is 0 Å². The van der Waals surface area contributed by atoms with Gasteiger partial charge in [0, 0.05) is 18.0 Å². The third kappa shape index (κ3) is 1.60. The molecule has 0 aromatic rings. The van der Waals surface area contributed by atoms with Crippen LogP contribution < -0.4 is 0 Å². The lowest BCUT2D eigenvalue weighted by Gasteiger charge is -2.27. The van der Waals surface area contributed by atoms with Gasteiger partial charge in [0.25, 0.3) is 0 Å². The molecule has 2 atom stereocenters. The van der Waals surface area contributed by atoms with Crippen LogP contribution in [0, 0.1) is 11.3 Å². The number of aliphatic carboxylic acids is 1. The van der Waals surface area contributed by atoms with Crippen LogP contribution in [0.15, 0.2) is 0 Å². The average molecular weight is 225 g/mol. The zero-order valence-corrected chi connectivity index (χ0v) is 9.90. The second-order valence-corrected chi connectivity index (χ2v) is 5.11. The number of carboxylic acid groups (broad SMARTS) is 1. The molecule has 1 aliphatic heterocycles. The third-order valence-corrected chi connectivity index (χ3v) is 4.32. The molecule has 2 rings (SSSR count). The molecule has 0 aromatic heterocycles. The van der Waals surface area contributed by atoms with Crippen molar-refractivity contribution in [2.75, 3.05) is 6.54 Å². The van der Waals surface area contributed by atoms with E-state index in [0.717, 1.165) is 19.3 Å². The van der Waals surface area contributed by atoms with E-state index in [0.29, 0.717) is 13.0 Å². The average Bonchev–Trinajstić information content (AvgIpc) is 2.95. The number of carbonyl (C=O) groups excluding carboxylic acids is 1. The molecule has 2 aliphatic rings. The largest absolute Gasteiger partial charge is 0.481 e. The van der Waals surface area contributed by atoms with Gasteiger partial charge in [0.15, 0.2) is 0 Å². The molecule has 0 bridgehead atoms. The lowest BCUT2D eigenvalue weighted by molar-refractivity contribution is -0.144. The predicted octanol–water partition coefficient (Wildman–Crippen LogP) is 1.50. The Balaban J connectivity index is 2.07. The molecule has 1 aliphatic carbocycles. The Hall–Kier alpha value is -1.06. The number of hydrogen-bond acceptors (Lipinski definition) is 2. The van der Waals surface area contributed by atoms with Gasteiger partial charge in [-0.15, -0.1) is 0 Å². The monoisotopic (exact) mass is 225 g/mol. The number of amides is 1. The van der Waals surface area contributed by atoms with E-state index in [1.807, 2.05) is 13.8 Å². The van der Waals surface area contributed by atoms with Crippen LogP contribution in [0.5, 0.6) is 0 Å². The van der Waals surface area contributed by atoms with E-state index in [1.54, 1.807) is 4.90 Å². The molecule has 2 unspecified atom stereocenters. The molecule has 1 saturated carbocycles.